The monoisotopic (exact) mass is 495 g/mol. The quantitative estimate of drug-likeness (QED) is 0.367. The van der Waals surface area contributed by atoms with Crippen LogP contribution in [0.1, 0.15) is 56.0 Å². The van der Waals surface area contributed by atoms with Gasteiger partial charge in [0, 0.05) is 22.3 Å². The molecule has 2 aromatic rings. The van der Waals surface area contributed by atoms with Crippen molar-refractivity contribution in [2.24, 2.45) is 5.73 Å². The van der Waals surface area contributed by atoms with Crippen molar-refractivity contribution in [2.45, 2.75) is 25.4 Å². The van der Waals surface area contributed by atoms with Gasteiger partial charge in [0.25, 0.3) is 0 Å². The Labute approximate surface area is 206 Å². The summed E-state index contributed by atoms with van der Waals surface area (Å²) in [6, 6.07) is 8.96. The summed E-state index contributed by atoms with van der Waals surface area (Å²) in [5, 5.41) is 4.78. The Morgan fingerprint density at radius 2 is 1.53 bits per heavy atom. The van der Waals surface area contributed by atoms with E-state index in [9.17, 15) is 28.8 Å². The molecular weight excluding hydrogens is 470 g/mol. The zero-order valence-corrected chi connectivity index (χ0v) is 19.9. The number of amides is 2. The minimum atomic E-state index is -1.42. The van der Waals surface area contributed by atoms with Gasteiger partial charge in [0.05, 0.1) is 19.2 Å². The van der Waals surface area contributed by atoms with Crippen LogP contribution in [-0.4, -0.2) is 67.2 Å². The summed E-state index contributed by atoms with van der Waals surface area (Å²) in [5.41, 5.74) is 4.55. The molecule has 0 fully saturated rings. The molecule has 11 nitrogen and oxygen atoms in total. The van der Waals surface area contributed by atoms with Gasteiger partial charge in [-0.05, 0) is 32.0 Å². The van der Waals surface area contributed by atoms with E-state index in [1.807, 2.05) is 0 Å². The lowest BCUT2D eigenvalue weighted by Gasteiger charge is -2.27. The second-order valence-corrected chi connectivity index (χ2v) is 8.49. The first-order valence-electron chi connectivity index (χ1n) is 10.9. The van der Waals surface area contributed by atoms with Gasteiger partial charge in [-0.3, -0.25) is 19.2 Å². The number of carbonyl (C=O) groups excluding carboxylic acids is 6. The minimum Gasteiger partial charge on any atom is -0.467 e. The summed E-state index contributed by atoms with van der Waals surface area (Å²) in [4.78, 5) is 74.7. The summed E-state index contributed by atoms with van der Waals surface area (Å²) < 4.78 is 9.86. The summed E-state index contributed by atoms with van der Waals surface area (Å²) in [6.07, 6.45) is 0. The number of esters is 2. The number of fused-ring (bicyclic) bond motifs is 2. The van der Waals surface area contributed by atoms with E-state index in [1.165, 1.54) is 38.1 Å². The lowest BCUT2D eigenvalue weighted by atomic mass is 9.83. The Bertz CT molecular complexity index is 1270. The third-order valence-electron chi connectivity index (χ3n) is 5.54. The zero-order chi connectivity index (χ0) is 26.6. The number of rotatable bonds is 8. The van der Waals surface area contributed by atoms with E-state index in [4.69, 9.17) is 10.5 Å². The minimum absolute atomic E-state index is 0.0280. The fourth-order valence-corrected chi connectivity index (χ4v) is 3.57. The third-order valence-corrected chi connectivity index (χ3v) is 5.54. The SMILES string of the molecule is COC(=O)[C@H](COC(=O)c1ccc2c(c1)C(=O)c1ccccc1C2=O)NC(=O)C(C)(C)NC(=O)CN. The summed E-state index contributed by atoms with van der Waals surface area (Å²) >= 11 is 0. The van der Waals surface area contributed by atoms with E-state index in [0.717, 1.165) is 7.11 Å². The van der Waals surface area contributed by atoms with E-state index in [0.29, 0.717) is 0 Å². The van der Waals surface area contributed by atoms with Gasteiger partial charge in [-0.2, -0.15) is 0 Å². The molecule has 0 aliphatic heterocycles. The standard InChI is InChI=1S/C25H25N3O8/c1-25(2,28-19(29)11-26)24(34)27-18(23(33)35-3)12-36-22(32)13-8-9-16-17(10-13)21(31)15-7-5-4-6-14(15)20(16)30/h4-10,18H,11-12,26H2,1-3H3,(H,27,34)(H,28,29)/t18-/m0/s1. The molecule has 0 bridgehead atoms. The van der Waals surface area contributed by atoms with Gasteiger partial charge in [-0.1, -0.05) is 24.3 Å². The van der Waals surface area contributed by atoms with Crippen molar-refractivity contribution in [2.75, 3.05) is 20.3 Å². The first-order valence-corrected chi connectivity index (χ1v) is 10.9. The van der Waals surface area contributed by atoms with Crippen molar-refractivity contribution >= 4 is 35.3 Å². The molecule has 0 saturated heterocycles. The average molecular weight is 495 g/mol. The van der Waals surface area contributed by atoms with E-state index in [1.54, 1.807) is 18.2 Å². The molecule has 0 aromatic heterocycles. The topological polar surface area (TPSA) is 171 Å². The van der Waals surface area contributed by atoms with Gasteiger partial charge < -0.3 is 25.8 Å². The molecule has 36 heavy (non-hydrogen) atoms. The van der Waals surface area contributed by atoms with Gasteiger partial charge >= 0.3 is 11.9 Å². The molecular formula is C25H25N3O8. The van der Waals surface area contributed by atoms with Crippen molar-refractivity contribution in [1.29, 1.82) is 0 Å². The first-order chi connectivity index (χ1) is 17.0. The number of hydrogen-bond acceptors (Lipinski definition) is 9. The van der Waals surface area contributed by atoms with Gasteiger partial charge in [-0.15, -0.1) is 0 Å². The lowest BCUT2D eigenvalue weighted by molar-refractivity contribution is -0.147. The summed E-state index contributed by atoms with van der Waals surface area (Å²) in [7, 11) is 1.09. The Morgan fingerprint density at radius 3 is 2.11 bits per heavy atom. The Kier molecular flexibility index (Phi) is 7.64. The van der Waals surface area contributed by atoms with Crippen LogP contribution in [0.4, 0.5) is 0 Å². The van der Waals surface area contributed by atoms with Gasteiger partial charge in [-0.25, -0.2) is 9.59 Å². The highest BCUT2D eigenvalue weighted by Crippen LogP contribution is 2.28. The van der Waals surface area contributed by atoms with Crippen molar-refractivity contribution in [1.82, 2.24) is 10.6 Å². The highest BCUT2D eigenvalue weighted by atomic mass is 16.5. The van der Waals surface area contributed by atoms with Crippen LogP contribution in [0.15, 0.2) is 42.5 Å². The van der Waals surface area contributed by atoms with Crippen molar-refractivity contribution in [3.8, 4) is 0 Å². The molecule has 4 N–H and O–H groups in total. The van der Waals surface area contributed by atoms with Crippen LogP contribution >= 0.6 is 0 Å². The summed E-state index contributed by atoms with van der Waals surface area (Å²) in [6.45, 7) is 1.87. The molecule has 3 rings (SSSR count). The molecule has 1 atom stereocenters. The predicted octanol–water partition coefficient (Wildman–Crippen LogP) is 0.130. The van der Waals surface area contributed by atoms with Crippen LogP contribution in [0.3, 0.4) is 0 Å². The first kappa shape index (κ1) is 26.2. The predicted molar refractivity (Wildman–Crippen MR) is 125 cm³/mol. The number of carbonyl (C=O) groups is 6. The largest absolute Gasteiger partial charge is 0.467 e. The maximum atomic E-state index is 12.9. The van der Waals surface area contributed by atoms with Crippen LogP contribution in [0.25, 0.3) is 0 Å². The maximum Gasteiger partial charge on any atom is 0.338 e. The number of hydrogen-bond donors (Lipinski definition) is 3. The Balaban J connectivity index is 1.74. The van der Waals surface area contributed by atoms with E-state index < -0.39 is 47.7 Å². The molecule has 1 aliphatic carbocycles. The van der Waals surface area contributed by atoms with Crippen LogP contribution in [0, 0.1) is 0 Å². The maximum absolute atomic E-state index is 12.9. The van der Waals surface area contributed by atoms with Crippen molar-refractivity contribution in [3.63, 3.8) is 0 Å². The highest BCUT2D eigenvalue weighted by Gasteiger charge is 2.34. The molecule has 0 unspecified atom stereocenters. The molecule has 1 aliphatic rings. The molecule has 11 heteroatoms. The number of ether oxygens (including phenoxy) is 2. The fourth-order valence-electron chi connectivity index (χ4n) is 3.57. The van der Waals surface area contributed by atoms with E-state index in [-0.39, 0.29) is 40.1 Å². The van der Waals surface area contributed by atoms with Crippen molar-refractivity contribution in [3.05, 3.63) is 70.3 Å². The molecule has 0 spiro atoms. The van der Waals surface area contributed by atoms with E-state index >= 15 is 0 Å². The zero-order valence-electron chi connectivity index (χ0n) is 19.9. The number of benzene rings is 2. The molecule has 188 valence electrons. The third kappa shape index (κ3) is 5.31. The van der Waals surface area contributed by atoms with Gasteiger partial charge in [0.15, 0.2) is 17.6 Å². The average Bonchev–Trinajstić information content (AvgIpc) is 2.88. The van der Waals surface area contributed by atoms with Crippen LogP contribution in [0.5, 0.6) is 0 Å². The molecule has 0 heterocycles. The van der Waals surface area contributed by atoms with Gasteiger partial charge in [0.2, 0.25) is 11.8 Å². The normalized spacial score (nSPS) is 13.1. The Hall–Kier alpha value is -4.38. The smallest absolute Gasteiger partial charge is 0.338 e. The van der Waals surface area contributed by atoms with E-state index in [2.05, 4.69) is 15.4 Å². The second-order valence-electron chi connectivity index (χ2n) is 8.49. The number of ketones is 2. The molecule has 0 saturated carbocycles. The molecule has 2 amide bonds. The Morgan fingerprint density at radius 1 is 0.944 bits per heavy atom. The lowest BCUT2D eigenvalue weighted by Crippen LogP contribution is -2.59. The summed E-state index contributed by atoms with van der Waals surface area (Å²) in [5.74, 6) is -3.85. The van der Waals surface area contributed by atoms with Crippen LogP contribution in [0.2, 0.25) is 0 Å². The van der Waals surface area contributed by atoms with Crippen LogP contribution in [-0.2, 0) is 23.9 Å². The van der Waals surface area contributed by atoms with Crippen molar-refractivity contribution < 1.29 is 38.2 Å². The van der Waals surface area contributed by atoms with Crippen LogP contribution < -0.4 is 16.4 Å². The highest BCUT2D eigenvalue weighted by molar-refractivity contribution is 6.28. The number of methoxy groups -OCH3 is 1. The molecule has 0 radical (unpaired) electrons. The molecule has 2 aromatic carbocycles. The fraction of sp³-hybridized carbons (Fsp3) is 0.280. The van der Waals surface area contributed by atoms with Gasteiger partial charge in [0.1, 0.15) is 12.1 Å². The second kappa shape index (κ2) is 10.5. The number of nitrogens with one attached hydrogen (secondary N) is 2. The number of nitrogens with two attached hydrogens (primary N) is 1.